The van der Waals surface area contributed by atoms with Crippen LogP contribution in [0.5, 0.6) is 0 Å². The molecule has 11 heteroatoms. The number of alkyl halides is 6. The number of nitrogens with zero attached hydrogens (tertiary/aromatic N) is 2. The minimum absolute atomic E-state index is 0.221. The number of aromatic nitrogens is 2. The molecule has 0 aliphatic carbocycles. The van der Waals surface area contributed by atoms with Crippen LogP contribution >= 0.6 is 0 Å². The van der Waals surface area contributed by atoms with Crippen molar-refractivity contribution in [2.45, 2.75) is 12.4 Å². The third kappa shape index (κ3) is 3.19. The lowest BCUT2D eigenvalue weighted by Gasteiger charge is -2.20. The molecule has 0 N–H and O–H groups in total. The van der Waals surface area contributed by atoms with Gasteiger partial charge in [0.25, 0.3) is 11.3 Å². The van der Waals surface area contributed by atoms with Gasteiger partial charge < -0.3 is 9.94 Å². The number of benzene rings is 2. The van der Waals surface area contributed by atoms with E-state index < -0.39 is 55.3 Å². The zero-order chi connectivity index (χ0) is 20.9. The molecular formula is C17H8F6N2O3. The highest BCUT2D eigenvalue weighted by atomic mass is 19.4. The van der Waals surface area contributed by atoms with Crippen molar-refractivity contribution in [1.82, 2.24) is 4.73 Å². The highest BCUT2D eigenvalue weighted by molar-refractivity contribution is 6.08. The quantitative estimate of drug-likeness (QED) is 0.367. The van der Waals surface area contributed by atoms with E-state index in [0.29, 0.717) is 12.1 Å². The standard InChI is InChI=1S/C17H8F6N2O3/c18-16(19,20)10-6-7-11-12(8-10)24(27)13(15(25(11)28)17(21,22)23)14(26)9-4-2-1-3-5-9/h1-8H. The zero-order valence-electron chi connectivity index (χ0n) is 13.5. The molecule has 0 amide bonds. The summed E-state index contributed by atoms with van der Waals surface area (Å²) in [4.78, 5) is 25.0. The molecule has 5 nitrogen and oxygen atoms in total. The van der Waals surface area contributed by atoms with E-state index in [-0.39, 0.29) is 11.6 Å². The predicted molar refractivity (Wildman–Crippen MR) is 83.9 cm³/mol. The van der Waals surface area contributed by atoms with Crippen LogP contribution in [-0.4, -0.2) is 10.5 Å². The topological polar surface area (TPSA) is 68.0 Å². The van der Waals surface area contributed by atoms with E-state index in [1.165, 1.54) is 18.2 Å². The number of ketones is 1. The van der Waals surface area contributed by atoms with Gasteiger partial charge in [-0.2, -0.15) is 26.3 Å². The molecule has 0 aliphatic heterocycles. The van der Waals surface area contributed by atoms with E-state index in [0.717, 1.165) is 12.1 Å². The number of rotatable bonds is 2. The van der Waals surface area contributed by atoms with Gasteiger partial charge in [-0.25, -0.2) is 0 Å². The molecule has 0 spiro atoms. The Morgan fingerprint density at radius 2 is 1.54 bits per heavy atom. The van der Waals surface area contributed by atoms with Crippen LogP contribution in [0.15, 0.2) is 48.5 Å². The lowest BCUT2D eigenvalue weighted by Crippen LogP contribution is -2.35. The molecule has 0 aliphatic rings. The third-order valence-corrected chi connectivity index (χ3v) is 3.89. The van der Waals surface area contributed by atoms with E-state index in [9.17, 15) is 41.3 Å². The van der Waals surface area contributed by atoms with E-state index in [1.54, 1.807) is 0 Å². The molecule has 0 saturated heterocycles. The maximum Gasteiger partial charge on any atom is 0.438 e. The van der Waals surface area contributed by atoms with E-state index in [4.69, 9.17) is 0 Å². The van der Waals surface area contributed by atoms with E-state index in [1.807, 2.05) is 0 Å². The summed E-state index contributed by atoms with van der Waals surface area (Å²) < 4.78 is 77.7. The van der Waals surface area contributed by atoms with Crippen molar-refractivity contribution in [1.29, 1.82) is 0 Å². The second kappa shape index (κ2) is 6.36. The predicted octanol–water partition coefficient (Wildman–Crippen LogP) is 4.17. The lowest BCUT2D eigenvalue weighted by atomic mass is 10.1. The molecule has 28 heavy (non-hydrogen) atoms. The highest BCUT2D eigenvalue weighted by Crippen LogP contribution is 2.35. The Bertz CT molecular complexity index is 1130. The van der Waals surface area contributed by atoms with Gasteiger partial charge in [0, 0.05) is 16.5 Å². The van der Waals surface area contributed by atoms with Gasteiger partial charge in [-0.3, -0.25) is 4.79 Å². The number of carbonyl (C=O) groups is 1. The number of halogens is 6. The fourth-order valence-electron chi connectivity index (χ4n) is 2.64. The van der Waals surface area contributed by atoms with Gasteiger partial charge in [-0.15, -0.1) is 0 Å². The molecule has 0 bridgehead atoms. The van der Waals surface area contributed by atoms with Crippen LogP contribution in [0.3, 0.4) is 0 Å². The first kappa shape index (κ1) is 19.4. The summed E-state index contributed by atoms with van der Waals surface area (Å²) in [6.07, 6.45) is -10.3. The second-order valence-electron chi connectivity index (χ2n) is 5.68. The molecule has 3 aromatic rings. The summed E-state index contributed by atoms with van der Waals surface area (Å²) in [7, 11) is 0. The molecule has 0 unspecified atom stereocenters. The van der Waals surface area contributed by atoms with Gasteiger partial charge in [-0.05, 0) is 12.1 Å². The average molecular weight is 402 g/mol. The van der Waals surface area contributed by atoms with Crippen molar-refractivity contribution in [3.63, 3.8) is 0 Å². The first-order chi connectivity index (χ1) is 12.9. The van der Waals surface area contributed by atoms with Crippen molar-refractivity contribution in [2.75, 3.05) is 0 Å². The Balaban J connectivity index is 2.45. The number of hydrogen-bond acceptors (Lipinski definition) is 3. The molecule has 0 atom stereocenters. The van der Waals surface area contributed by atoms with Crippen LogP contribution in [-0.2, 0) is 12.4 Å². The van der Waals surface area contributed by atoms with Gasteiger partial charge in [-0.1, -0.05) is 30.3 Å². The summed E-state index contributed by atoms with van der Waals surface area (Å²) in [5.41, 5.74) is -7.40. The largest absolute Gasteiger partial charge is 0.805 e. The summed E-state index contributed by atoms with van der Waals surface area (Å²) >= 11 is 0. The number of hydrogen-bond donors (Lipinski definition) is 0. The smallest absolute Gasteiger partial charge is 0.438 e. The fourth-order valence-corrected chi connectivity index (χ4v) is 2.64. The normalized spacial score (nSPS) is 12.4. The Morgan fingerprint density at radius 3 is 2.07 bits per heavy atom. The summed E-state index contributed by atoms with van der Waals surface area (Å²) in [5, 5.41) is 12.3. The van der Waals surface area contributed by atoms with Crippen LogP contribution in [0, 0.1) is 10.1 Å². The molecule has 0 radical (unpaired) electrons. The van der Waals surface area contributed by atoms with Crippen LogP contribution in [0.1, 0.15) is 27.3 Å². The van der Waals surface area contributed by atoms with E-state index >= 15 is 0 Å². The number of fused-ring (bicyclic) bond motifs is 1. The van der Waals surface area contributed by atoms with Crippen LogP contribution in [0.2, 0.25) is 0 Å². The Kier molecular flexibility index (Phi) is 4.40. The first-order valence-corrected chi connectivity index (χ1v) is 7.50. The minimum Gasteiger partial charge on any atom is -0.805 e. The second-order valence-corrected chi connectivity index (χ2v) is 5.68. The maximum atomic E-state index is 13.5. The summed E-state index contributed by atoms with van der Waals surface area (Å²) in [6, 6.07) is 7.33. The van der Waals surface area contributed by atoms with Crippen molar-refractivity contribution >= 4 is 16.8 Å². The van der Waals surface area contributed by atoms with Crippen molar-refractivity contribution in [3.8, 4) is 0 Å². The molecule has 0 fully saturated rings. The Hall–Kier alpha value is -3.37. The van der Waals surface area contributed by atoms with Crippen LogP contribution in [0.4, 0.5) is 26.3 Å². The Morgan fingerprint density at radius 1 is 0.929 bits per heavy atom. The molecule has 146 valence electrons. The maximum absolute atomic E-state index is 13.5. The SMILES string of the molecule is O=C(c1ccccc1)c1c(C(F)(F)F)n([O-])c2ccc(C(F)(F)F)cc2[n+]1=O. The molecule has 1 aromatic heterocycles. The van der Waals surface area contributed by atoms with E-state index in [2.05, 4.69) is 0 Å². The van der Waals surface area contributed by atoms with Crippen LogP contribution < -0.4 is 4.43 Å². The molecular weight excluding hydrogens is 394 g/mol. The lowest BCUT2D eigenvalue weighted by molar-refractivity contribution is -0.470. The van der Waals surface area contributed by atoms with Crippen molar-refractivity contribution in [3.05, 3.63) is 81.2 Å². The fraction of sp³-hybridized carbons (Fsp3) is 0.118. The molecule has 0 saturated carbocycles. The zero-order valence-corrected chi connectivity index (χ0v) is 13.5. The average Bonchev–Trinajstić information content (AvgIpc) is 2.62. The van der Waals surface area contributed by atoms with Gasteiger partial charge in [0.05, 0.1) is 9.99 Å². The monoisotopic (exact) mass is 402 g/mol. The Labute approximate surface area is 151 Å². The first-order valence-electron chi connectivity index (χ1n) is 7.50. The summed E-state index contributed by atoms with van der Waals surface area (Å²) in [5.74, 6) is -1.45. The van der Waals surface area contributed by atoms with Crippen LogP contribution in [0.25, 0.3) is 11.0 Å². The molecule has 1 heterocycles. The number of carbonyl (C=O) groups excluding carboxylic acids is 1. The van der Waals surface area contributed by atoms with Crippen molar-refractivity contribution < 1.29 is 35.6 Å². The molecule has 2 aromatic carbocycles. The highest BCUT2D eigenvalue weighted by Gasteiger charge is 2.45. The molecule has 3 rings (SSSR count). The van der Waals surface area contributed by atoms with Gasteiger partial charge in [0.2, 0.25) is 5.69 Å². The third-order valence-electron chi connectivity index (χ3n) is 3.89. The van der Waals surface area contributed by atoms with Crippen molar-refractivity contribution in [2.24, 2.45) is 0 Å². The van der Waals surface area contributed by atoms with Gasteiger partial charge in [0.15, 0.2) is 0 Å². The summed E-state index contributed by atoms with van der Waals surface area (Å²) in [6.45, 7) is 0. The van der Waals surface area contributed by atoms with Gasteiger partial charge >= 0.3 is 18.0 Å². The minimum atomic E-state index is -5.41. The van der Waals surface area contributed by atoms with Gasteiger partial charge in [0.1, 0.15) is 5.52 Å².